The zero-order valence-electron chi connectivity index (χ0n) is 11.4. The van der Waals surface area contributed by atoms with Crippen molar-refractivity contribution in [2.24, 2.45) is 5.84 Å². The Morgan fingerprint density at radius 2 is 2.14 bits per heavy atom. The molecular formula is C15H15BrClFN2O. The molecule has 3 nitrogen and oxygen atoms in total. The third-order valence-corrected chi connectivity index (χ3v) is 4.14. The molecule has 0 amide bonds. The van der Waals surface area contributed by atoms with Gasteiger partial charge in [0.1, 0.15) is 11.6 Å². The molecule has 0 aliphatic heterocycles. The third-order valence-electron chi connectivity index (χ3n) is 3.22. The van der Waals surface area contributed by atoms with Gasteiger partial charge >= 0.3 is 0 Å². The summed E-state index contributed by atoms with van der Waals surface area (Å²) in [7, 11) is 1.58. The molecule has 0 radical (unpaired) electrons. The highest BCUT2D eigenvalue weighted by molar-refractivity contribution is 9.10. The molecule has 3 N–H and O–H groups in total. The number of nitrogens with one attached hydrogen (secondary N) is 1. The van der Waals surface area contributed by atoms with Gasteiger partial charge in [0.25, 0.3) is 0 Å². The summed E-state index contributed by atoms with van der Waals surface area (Å²) in [6.07, 6.45) is 0.444. The zero-order valence-corrected chi connectivity index (χ0v) is 13.7. The monoisotopic (exact) mass is 372 g/mol. The van der Waals surface area contributed by atoms with Crippen molar-refractivity contribution < 1.29 is 9.13 Å². The Morgan fingerprint density at radius 3 is 2.76 bits per heavy atom. The van der Waals surface area contributed by atoms with E-state index in [0.29, 0.717) is 27.2 Å². The van der Waals surface area contributed by atoms with Gasteiger partial charge in [-0.25, -0.2) is 4.39 Å². The average molecular weight is 374 g/mol. The van der Waals surface area contributed by atoms with Crippen LogP contribution in [0.3, 0.4) is 0 Å². The fraction of sp³-hybridized carbons (Fsp3) is 0.200. The smallest absolute Gasteiger partial charge is 0.129 e. The molecule has 112 valence electrons. The van der Waals surface area contributed by atoms with Gasteiger partial charge in [-0.1, -0.05) is 33.6 Å². The minimum atomic E-state index is -0.409. The van der Waals surface area contributed by atoms with E-state index >= 15 is 0 Å². The highest BCUT2D eigenvalue weighted by Gasteiger charge is 2.20. The van der Waals surface area contributed by atoms with Crippen LogP contribution in [-0.4, -0.2) is 7.11 Å². The van der Waals surface area contributed by atoms with E-state index in [1.807, 2.05) is 0 Å². The molecule has 0 aromatic heterocycles. The van der Waals surface area contributed by atoms with Gasteiger partial charge in [0.2, 0.25) is 0 Å². The Bertz CT molecular complexity index is 619. The Balaban J connectivity index is 2.38. The lowest BCUT2D eigenvalue weighted by Gasteiger charge is -2.20. The third kappa shape index (κ3) is 3.74. The first-order valence-corrected chi connectivity index (χ1v) is 7.46. The van der Waals surface area contributed by atoms with Crippen LogP contribution in [0.5, 0.6) is 5.75 Å². The summed E-state index contributed by atoms with van der Waals surface area (Å²) in [5, 5.41) is 0.592. The highest BCUT2D eigenvalue weighted by Crippen LogP contribution is 2.31. The summed E-state index contributed by atoms with van der Waals surface area (Å²) in [4.78, 5) is 0. The van der Waals surface area contributed by atoms with Crippen LogP contribution >= 0.6 is 27.5 Å². The summed E-state index contributed by atoms with van der Waals surface area (Å²) in [5.74, 6) is 5.97. The molecule has 0 aliphatic carbocycles. The lowest BCUT2D eigenvalue weighted by atomic mass is 9.98. The number of halogens is 3. The minimum Gasteiger partial charge on any atom is -0.496 e. The van der Waals surface area contributed by atoms with Crippen LogP contribution in [0.2, 0.25) is 5.02 Å². The second-order valence-electron chi connectivity index (χ2n) is 4.51. The maximum atomic E-state index is 14.1. The van der Waals surface area contributed by atoms with E-state index in [2.05, 4.69) is 21.4 Å². The molecule has 2 aromatic rings. The molecule has 0 saturated carbocycles. The number of methoxy groups -OCH3 is 1. The van der Waals surface area contributed by atoms with E-state index in [1.165, 1.54) is 6.07 Å². The first-order chi connectivity index (χ1) is 10.1. The largest absolute Gasteiger partial charge is 0.496 e. The Labute approximate surface area is 136 Å². The predicted octanol–water partition coefficient (Wildman–Crippen LogP) is 4.00. The van der Waals surface area contributed by atoms with Gasteiger partial charge in [0.15, 0.2) is 0 Å². The molecular weight excluding hydrogens is 359 g/mol. The molecule has 0 bridgehead atoms. The lowest BCUT2D eigenvalue weighted by molar-refractivity contribution is 0.404. The normalized spacial score (nSPS) is 12.2. The number of nitrogens with two attached hydrogens (primary N) is 1. The quantitative estimate of drug-likeness (QED) is 0.615. The number of hydrazine groups is 1. The van der Waals surface area contributed by atoms with Crippen molar-refractivity contribution in [1.82, 2.24) is 5.43 Å². The summed E-state index contributed by atoms with van der Waals surface area (Å²) < 4.78 is 20.0. The van der Waals surface area contributed by atoms with E-state index < -0.39 is 6.04 Å². The van der Waals surface area contributed by atoms with Gasteiger partial charge < -0.3 is 4.74 Å². The molecule has 0 fully saturated rings. The standard InChI is InChI=1S/C15H15BrClFN2O/c1-21-14-6-5-10(17)7-9(14)8-13(20-19)15-11(16)3-2-4-12(15)18/h2-7,13,20H,8,19H2,1H3. The van der Waals surface area contributed by atoms with Crippen LogP contribution in [0.1, 0.15) is 17.2 Å². The number of ether oxygens (including phenoxy) is 1. The molecule has 0 saturated heterocycles. The van der Waals surface area contributed by atoms with Crippen LogP contribution < -0.4 is 16.0 Å². The van der Waals surface area contributed by atoms with Gasteiger partial charge in [-0.2, -0.15) is 0 Å². The molecule has 0 spiro atoms. The fourth-order valence-electron chi connectivity index (χ4n) is 2.21. The summed E-state index contributed by atoms with van der Waals surface area (Å²) in [6, 6.07) is 9.72. The second-order valence-corrected chi connectivity index (χ2v) is 5.81. The first kappa shape index (κ1) is 16.2. The zero-order chi connectivity index (χ0) is 15.4. The van der Waals surface area contributed by atoms with Gasteiger partial charge in [-0.3, -0.25) is 11.3 Å². The number of hydrogen-bond donors (Lipinski definition) is 2. The van der Waals surface area contributed by atoms with Gasteiger partial charge in [-0.05, 0) is 42.3 Å². The number of rotatable bonds is 5. The maximum Gasteiger partial charge on any atom is 0.129 e. The van der Waals surface area contributed by atoms with E-state index in [4.69, 9.17) is 22.2 Å². The highest BCUT2D eigenvalue weighted by atomic mass is 79.9. The lowest BCUT2D eigenvalue weighted by Crippen LogP contribution is -2.30. The maximum absolute atomic E-state index is 14.1. The fourth-order valence-corrected chi connectivity index (χ4v) is 3.03. The van der Waals surface area contributed by atoms with Crippen molar-refractivity contribution in [3.8, 4) is 5.75 Å². The van der Waals surface area contributed by atoms with Crippen molar-refractivity contribution in [2.75, 3.05) is 7.11 Å². The first-order valence-electron chi connectivity index (χ1n) is 6.29. The molecule has 21 heavy (non-hydrogen) atoms. The van der Waals surface area contributed by atoms with Gasteiger partial charge in [-0.15, -0.1) is 0 Å². The van der Waals surface area contributed by atoms with Crippen molar-refractivity contribution in [2.45, 2.75) is 12.5 Å². The van der Waals surface area contributed by atoms with E-state index in [1.54, 1.807) is 37.4 Å². The summed E-state index contributed by atoms with van der Waals surface area (Å²) in [6.45, 7) is 0. The minimum absolute atomic E-state index is 0.326. The van der Waals surface area contributed by atoms with Crippen molar-refractivity contribution in [3.63, 3.8) is 0 Å². The topological polar surface area (TPSA) is 47.3 Å². The van der Waals surface area contributed by atoms with Crippen molar-refractivity contribution in [3.05, 3.63) is 62.8 Å². The summed E-state index contributed by atoms with van der Waals surface area (Å²) >= 11 is 9.38. The van der Waals surface area contributed by atoms with Crippen LogP contribution in [-0.2, 0) is 6.42 Å². The van der Waals surface area contributed by atoms with Crippen LogP contribution in [0.4, 0.5) is 4.39 Å². The van der Waals surface area contributed by atoms with Crippen molar-refractivity contribution >= 4 is 27.5 Å². The second kappa shape index (κ2) is 7.22. The van der Waals surface area contributed by atoms with E-state index in [-0.39, 0.29) is 5.82 Å². The van der Waals surface area contributed by atoms with Crippen LogP contribution in [0, 0.1) is 5.82 Å². The Morgan fingerprint density at radius 1 is 1.38 bits per heavy atom. The van der Waals surface area contributed by atoms with E-state index in [0.717, 1.165) is 5.56 Å². The van der Waals surface area contributed by atoms with Crippen LogP contribution in [0.25, 0.3) is 0 Å². The molecule has 0 aliphatic rings. The van der Waals surface area contributed by atoms with Crippen LogP contribution in [0.15, 0.2) is 40.9 Å². The molecule has 1 atom stereocenters. The van der Waals surface area contributed by atoms with Gasteiger partial charge in [0.05, 0.1) is 13.2 Å². The average Bonchev–Trinajstić information content (AvgIpc) is 2.46. The molecule has 0 heterocycles. The molecule has 6 heteroatoms. The van der Waals surface area contributed by atoms with E-state index in [9.17, 15) is 4.39 Å². The Hall–Kier alpha value is -1.14. The predicted molar refractivity (Wildman–Crippen MR) is 85.9 cm³/mol. The molecule has 2 rings (SSSR count). The Kier molecular flexibility index (Phi) is 5.58. The van der Waals surface area contributed by atoms with Crippen molar-refractivity contribution in [1.29, 1.82) is 0 Å². The number of benzene rings is 2. The summed E-state index contributed by atoms with van der Waals surface area (Å²) in [5.41, 5.74) is 3.97. The van der Waals surface area contributed by atoms with Gasteiger partial charge in [0, 0.05) is 15.1 Å². The molecule has 2 aromatic carbocycles. The molecule has 1 unspecified atom stereocenters. The SMILES string of the molecule is COc1ccc(Cl)cc1CC(NN)c1c(F)cccc1Br. The number of hydrogen-bond acceptors (Lipinski definition) is 3.